The predicted octanol–water partition coefficient (Wildman–Crippen LogP) is 3.45. The first kappa shape index (κ1) is 13.5. The maximum Gasteiger partial charge on any atom is 0.123 e. The van der Waals surface area contributed by atoms with E-state index in [0.29, 0.717) is 6.04 Å². The Morgan fingerprint density at radius 2 is 2.25 bits per heavy atom. The van der Waals surface area contributed by atoms with Gasteiger partial charge >= 0.3 is 0 Å². The van der Waals surface area contributed by atoms with Crippen molar-refractivity contribution in [3.8, 4) is 0 Å². The summed E-state index contributed by atoms with van der Waals surface area (Å²) < 4.78 is 12.9. The van der Waals surface area contributed by atoms with Crippen LogP contribution in [0.4, 0.5) is 4.39 Å². The molecule has 0 aliphatic carbocycles. The number of hydrogen-bond donors (Lipinski definition) is 1. The van der Waals surface area contributed by atoms with Crippen LogP contribution in [-0.2, 0) is 5.75 Å². The van der Waals surface area contributed by atoms with Crippen molar-refractivity contribution in [2.75, 3.05) is 12.3 Å². The molecule has 0 saturated carbocycles. The minimum absolute atomic E-state index is 0.143. The largest absolute Gasteiger partial charge is 0.313 e. The Hall–Kier alpha value is -0.540. The Morgan fingerprint density at radius 1 is 1.44 bits per heavy atom. The van der Waals surface area contributed by atoms with E-state index in [4.69, 9.17) is 0 Å². The lowest BCUT2D eigenvalue weighted by molar-refractivity contribution is 0.555. The molecule has 1 nitrogen and oxygen atoms in total. The van der Waals surface area contributed by atoms with Gasteiger partial charge in [-0.25, -0.2) is 4.39 Å². The summed E-state index contributed by atoms with van der Waals surface area (Å²) in [6.07, 6.45) is 1.16. The van der Waals surface area contributed by atoms with Gasteiger partial charge < -0.3 is 5.32 Å². The lowest BCUT2D eigenvalue weighted by Crippen LogP contribution is -2.27. The fourth-order valence-electron chi connectivity index (χ4n) is 1.34. The van der Waals surface area contributed by atoms with Gasteiger partial charge in [0.2, 0.25) is 0 Å². The summed E-state index contributed by atoms with van der Waals surface area (Å²) >= 11 is 1.84. The molecule has 1 aromatic carbocycles. The number of hydrogen-bond acceptors (Lipinski definition) is 2. The molecule has 0 heterocycles. The second kappa shape index (κ2) is 7.69. The Kier molecular flexibility index (Phi) is 6.50. The van der Waals surface area contributed by atoms with Gasteiger partial charge in [-0.1, -0.05) is 19.1 Å². The second-order valence-electron chi connectivity index (χ2n) is 3.95. The van der Waals surface area contributed by atoms with E-state index in [1.165, 1.54) is 6.07 Å². The third kappa shape index (κ3) is 5.52. The van der Waals surface area contributed by atoms with E-state index in [1.54, 1.807) is 12.1 Å². The molecule has 3 heteroatoms. The molecule has 16 heavy (non-hydrogen) atoms. The van der Waals surface area contributed by atoms with Crippen LogP contribution in [0.5, 0.6) is 0 Å². The molecule has 0 spiro atoms. The minimum atomic E-state index is -0.143. The lowest BCUT2D eigenvalue weighted by atomic mass is 10.2. The third-order valence-corrected chi connectivity index (χ3v) is 3.54. The third-order valence-electron chi connectivity index (χ3n) is 2.51. The molecule has 0 amide bonds. The molecule has 1 atom stereocenters. The summed E-state index contributed by atoms with van der Waals surface area (Å²) in [7, 11) is 0. The summed E-state index contributed by atoms with van der Waals surface area (Å²) in [5.74, 6) is 1.82. The molecule has 1 N–H and O–H groups in total. The van der Waals surface area contributed by atoms with E-state index in [2.05, 4.69) is 19.2 Å². The number of benzene rings is 1. The maximum atomic E-state index is 12.9. The zero-order chi connectivity index (χ0) is 11.8. The molecular weight excluding hydrogens is 221 g/mol. The normalized spacial score (nSPS) is 12.7. The summed E-state index contributed by atoms with van der Waals surface area (Å²) in [6.45, 7) is 5.39. The van der Waals surface area contributed by atoms with Crippen molar-refractivity contribution in [2.45, 2.75) is 32.1 Å². The standard InChI is InChI=1S/C13H20FNS/c1-3-11(2)15-7-8-16-10-12-5-4-6-13(14)9-12/h4-6,9,11,15H,3,7-8,10H2,1-2H3/t11-/m1/s1. The van der Waals surface area contributed by atoms with Crippen molar-refractivity contribution >= 4 is 11.8 Å². The van der Waals surface area contributed by atoms with Crippen molar-refractivity contribution in [2.24, 2.45) is 0 Å². The monoisotopic (exact) mass is 241 g/mol. The predicted molar refractivity (Wildman–Crippen MR) is 70.3 cm³/mol. The summed E-state index contributed by atoms with van der Waals surface area (Å²) in [5.41, 5.74) is 1.06. The zero-order valence-corrected chi connectivity index (χ0v) is 10.8. The van der Waals surface area contributed by atoms with Crippen LogP contribution in [0, 0.1) is 5.82 Å². The Labute approximate surface area is 102 Å². The van der Waals surface area contributed by atoms with Gasteiger partial charge in [-0.3, -0.25) is 0 Å². The summed E-state index contributed by atoms with van der Waals surface area (Å²) in [5, 5.41) is 3.44. The lowest BCUT2D eigenvalue weighted by Gasteiger charge is -2.10. The highest BCUT2D eigenvalue weighted by Crippen LogP contribution is 2.12. The molecule has 90 valence electrons. The van der Waals surface area contributed by atoms with Gasteiger partial charge in [0.05, 0.1) is 0 Å². The average molecular weight is 241 g/mol. The Bertz CT molecular complexity index is 304. The van der Waals surface area contributed by atoms with Gasteiger partial charge in [0, 0.05) is 24.1 Å². The van der Waals surface area contributed by atoms with Crippen LogP contribution in [0.15, 0.2) is 24.3 Å². The molecule has 0 bridgehead atoms. The Balaban J connectivity index is 2.12. The van der Waals surface area contributed by atoms with E-state index in [9.17, 15) is 4.39 Å². The van der Waals surface area contributed by atoms with Crippen LogP contribution in [0.2, 0.25) is 0 Å². The van der Waals surface area contributed by atoms with Gasteiger partial charge in [0.1, 0.15) is 5.82 Å². The fourth-order valence-corrected chi connectivity index (χ4v) is 2.16. The van der Waals surface area contributed by atoms with Gasteiger partial charge in [-0.05, 0) is 31.0 Å². The topological polar surface area (TPSA) is 12.0 Å². The molecule has 0 aliphatic heterocycles. The quantitative estimate of drug-likeness (QED) is 0.734. The van der Waals surface area contributed by atoms with Gasteiger partial charge in [-0.15, -0.1) is 0 Å². The Morgan fingerprint density at radius 3 is 2.94 bits per heavy atom. The van der Waals surface area contributed by atoms with Crippen LogP contribution in [-0.4, -0.2) is 18.3 Å². The molecule has 0 aliphatic rings. The van der Waals surface area contributed by atoms with Crippen LogP contribution in [0.1, 0.15) is 25.8 Å². The summed E-state index contributed by atoms with van der Waals surface area (Å²) in [4.78, 5) is 0. The van der Waals surface area contributed by atoms with E-state index in [-0.39, 0.29) is 5.82 Å². The van der Waals surface area contributed by atoms with Gasteiger partial charge in [0.25, 0.3) is 0 Å². The number of thioether (sulfide) groups is 1. The molecular formula is C13H20FNS. The number of halogens is 1. The highest BCUT2D eigenvalue weighted by Gasteiger charge is 1.98. The maximum absolute atomic E-state index is 12.9. The minimum Gasteiger partial charge on any atom is -0.313 e. The van der Waals surface area contributed by atoms with Gasteiger partial charge in [-0.2, -0.15) is 11.8 Å². The molecule has 0 radical (unpaired) electrons. The van der Waals surface area contributed by atoms with Crippen molar-refractivity contribution in [1.29, 1.82) is 0 Å². The smallest absolute Gasteiger partial charge is 0.123 e. The van der Waals surface area contributed by atoms with E-state index < -0.39 is 0 Å². The fraction of sp³-hybridized carbons (Fsp3) is 0.538. The van der Waals surface area contributed by atoms with Crippen molar-refractivity contribution in [3.63, 3.8) is 0 Å². The molecule has 0 fully saturated rings. The van der Waals surface area contributed by atoms with Crippen LogP contribution >= 0.6 is 11.8 Å². The second-order valence-corrected chi connectivity index (χ2v) is 5.05. The first-order chi connectivity index (χ1) is 7.72. The van der Waals surface area contributed by atoms with E-state index in [1.807, 2.05) is 17.8 Å². The average Bonchev–Trinajstić information content (AvgIpc) is 2.28. The van der Waals surface area contributed by atoms with Crippen LogP contribution < -0.4 is 5.32 Å². The van der Waals surface area contributed by atoms with E-state index >= 15 is 0 Å². The van der Waals surface area contributed by atoms with E-state index in [0.717, 1.165) is 30.0 Å². The number of rotatable bonds is 7. The molecule has 1 rings (SSSR count). The molecule has 0 aromatic heterocycles. The first-order valence-corrected chi connectivity index (χ1v) is 6.93. The molecule has 1 aromatic rings. The zero-order valence-electron chi connectivity index (χ0n) is 10.0. The highest BCUT2D eigenvalue weighted by molar-refractivity contribution is 7.98. The molecule has 0 saturated heterocycles. The van der Waals surface area contributed by atoms with Crippen LogP contribution in [0.3, 0.4) is 0 Å². The molecule has 0 unspecified atom stereocenters. The first-order valence-electron chi connectivity index (χ1n) is 5.78. The van der Waals surface area contributed by atoms with Crippen molar-refractivity contribution in [3.05, 3.63) is 35.6 Å². The van der Waals surface area contributed by atoms with Crippen LogP contribution in [0.25, 0.3) is 0 Å². The van der Waals surface area contributed by atoms with Gasteiger partial charge in [0.15, 0.2) is 0 Å². The summed E-state index contributed by atoms with van der Waals surface area (Å²) in [6, 6.07) is 7.42. The van der Waals surface area contributed by atoms with Crippen molar-refractivity contribution in [1.82, 2.24) is 5.32 Å². The SMILES string of the molecule is CC[C@@H](C)NCCSCc1cccc(F)c1. The number of nitrogens with one attached hydrogen (secondary N) is 1. The van der Waals surface area contributed by atoms with Crippen molar-refractivity contribution < 1.29 is 4.39 Å². The highest BCUT2D eigenvalue weighted by atomic mass is 32.2.